The van der Waals surface area contributed by atoms with Gasteiger partial charge in [-0.2, -0.15) is 0 Å². The topological polar surface area (TPSA) is 55.6 Å². The number of nitrogens with zero attached hydrogens (tertiary/aromatic N) is 1. The van der Waals surface area contributed by atoms with Crippen LogP contribution in [-0.2, 0) is 4.74 Å². The summed E-state index contributed by atoms with van der Waals surface area (Å²) in [5.74, 6) is 0.786. The lowest BCUT2D eigenvalue weighted by Crippen LogP contribution is -2.27. The monoisotopic (exact) mass is 296 g/mol. The van der Waals surface area contributed by atoms with Crippen LogP contribution in [0.1, 0.15) is 54.8 Å². The molecule has 1 aromatic heterocycles. The zero-order valence-corrected chi connectivity index (χ0v) is 13.5. The molecule has 1 aromatic rings. The van der Waals surface area contributed by atoms with E-state index in [0.717, 1.165) is 13.1 Å². The van der Waals surface area contributed by atoms with Crippen LogP contribution in [0.4, 0.5) is 10.7 Å². The molecule has 4 nitrogen and oxygen atoms in total. The van der Waals surface area contributed by atoms with Crippen molar-refractivity contribution >= 4 is 28.0 Å². The smallest absolute Gasteiger partial charge is 0.350 e. The Morgan fingerprint density at radius 3 is 2.60 bits per heavy atom. The zero-order valence-electron chi connectivity index (χ0n) is 12.7. The van der Waals surface area contributed by atoms with Gasteiger partial charge in [0.2, 0.25) is 0 Å². The first kappa shape index (κ1) is 15.2. The van der Waals surface area contributed by atoms with E-state index in [-0.39, 0.29) is 5.97 Å². The van der Waals surface area contributed by atoms with Crippen molar-refractivity contribution in [3.05, 3.63) is 10.4 Å². The van der Waals surface area contributed by atoms with Gasteiger partial charge in [0.15, 0.2) is 0 Å². The minimum atomic E-state index is -0.318. The number of methoxy groups -OCH3 is 1. The van der Waals surface area contributed by atoms with E-state index >= 15 is 0 Å². The maximum Gasteiger partial charge on any atom is 0.350 e. The Morgan fingerprint density at radius 2 is 2.15 bits per heavy atom. The highest BCUT2D eigenvalue weighted by Gasteiger charge is 2.34. The molecule has 112 valence electrons. The van der Waals surface area contributed by atoms with Crippen molar-refractivity contribution in [2.75, 3.05) is 30.8 Å². The van der Waals surface area contributed by atoms with Crippen molar-refractivity contribution in [3.8, 4) is 0 Å². The average Bonchev–Trinajstić information content (AvgIpc) is 3.19. The van der Waals surface area contributed by atoms with Crippen molar-refractivity contribution in [3.63, 3.8) is 0 Å². The molecule has 0 aliphatic heterocycles. The zero-order chi connectivity index (χ0) is 14.9. The highest BCUT2D eigenvalue weighted by Crippen LogP contribution is 2.52. The minimum Gasteiger partial charge on any atom is -0.465 e. The Bertz CT molecular complexity index is 492. The predicted octanol–water partition coefficient (Wildman–Crippen LogP) is 3.48. The molecular formula is C15H24N2O2S. The molecule has 2 N–H and O–H groups in total. The Hall–Kier alpha value is -1.23. The summed E-state index contributed by atoms with van der Waals surface area (Å²) in [4.78, 5) is 14.8. The molecule has 0 amide bonds. The standard InChI is InChI=1S/C15H24N2O2S/c1-5-17(8-9(2)3)14-11(10-6-7-10)12(16)13(20-14)15(18)19-4/h9-10H,5-8,16H2,1-4H3. The van der Waals surface area contributed by atoms with Gasteiger partial charge in [-0.1, -0.05) is 13.8 Å². The highest BCUT2D eigenvalue weighted by atomic mass is 32.1. The number of rotatable bonds is 6. The van der Waals surface area contributed by atoms with E-state index in [1.54, 1.807) is 0 Å². The van der Waals surface area contributed by atoms with Gasteiger partial charge in [-0.15, -0.1) is 11.3 Å². The second-order valence-corrected chi connectivity index (χ2v) is 6.76. The summed E-state index contributed by atoms with van der Waals surface area (Å²) in [5.41, 5.74) is 8.05. The summed E-state index contributed by atoms with van der Waals surface area (Å²) < 4.78 is 4.85. The largest absolute Gasteiger partial charge is 0.465 e. The normalized spacial score (nSPS) is 14.7. The van der Waals surface area contributed by atoms with Crippen molar-refractivity contribution in [2.24, 2.45) is 5.92 Å². The van der Waals surface area contributed by atoms with Crippen LogP contribution in [0, 0.1) is 5.92 Å². The summed E-state index contributed by atoms with van der Waals surface area (Å²) >= 11 is 1.49. The van der Waals surface area contributed by atoms with Gasteiger partial charge < -0.3 is 15.4 Å². The molecular weight excluding hydrogens is 272 g/mol. The van der Waals surface area contributed by atoms with Crippen molar-refractivity contribution in [2.45, 2.75) is 39.5 Å². The van der Waals surface area contributed by atoms with Crippen LogP contribution < -0.4 is 10.6 Å². The molecule has 20 heavy (non-hydrogen) atoms. The number of carbonyl (C=O) groups is 1. The minimum absolute atomic E-state index is 0.318. The highest BCUT2D eigenvalue weighted by molar-refractivity contribution is 7.18. The van der Waals surface area contributed by atoms with E-state index in [2.05, 4.69) is 25.7 Å². The number of esters is 1. The molecule has 5 heteroatoms. The third kappa shape index (κ3) is 2.92. The van der Waals surface area contributed by atoms with Gasteiger partial charge in [-0.05, 0) is 31.6 Å². The van der Waals surface area contributed by atoms with Crippen molar-refractivity contribution < 1.29 is 9.53 Å². The summed E-state index contributed by atoms with van der Waals surface area (Å²) in [5, 5.41) is 1.17. The van der Waals surface area contributed by atoms with Crippen LogP contribution in [0.15, 0.2) is 0 Å². The average molecular weight is 296 g/mol. The molecule has 1 heterocycles. The number of nitrogen functional groups attached to an aromatic ring is 1. The van der Waals surface area contributed by atoms with Gasteiger partial charge in [-0.3, -0.25) is 0 Å². The third-order valence-corrected chi connectivity index (χ3v) is 4.84. The van der Waals surface area contributed by atoms with E-state index in [0.29, 0.717) is 22.4 Å². The van der Waals surface area contributed by atoms with Crippen molar-refractivity contribution in [1.82, 2.24) is 0 Å². The quantitative estimate of drug-likeness (QED) is 0.817. The van der Waals surface area contributed by atoms with Crippen LogP contribution in [0.5, 0.6) is 0 Å². The molecule has 0 unspecified atom stereocenters. The maximum atomic E-state index is 11.9. The Balaban J connectivity index is 2.42. The molecule has 0 aromatic carbocycles. The molecule has 0 spiro atoms. The molecule has 0 bridgehead atoms. The van der Waals surface area contributed by atoms with E-state index in [9.17, 15) is 4.79 Å². The van der Waals surface area contributed by atoms with E-state index in [1.807, 2.05) is 0 Å². The molecule has 0 radical (unpaired) electrons. The van der Waals surface area contributed by atoms with Gasteiger partial charge >= 0.3 is 5.97 Å². The molecule has 1 fully saturated rings. The number of nitrogens with two attached hydrogens (primary N) is 1. The number of hydrogen-bond donors (Lipinski definition) is 1. The van der Waals surface area contributed by atoms with Gasteiger partial charge in [0.1, 0.15) is 4.88 Å². The van der Waals surface area contributed by atoms with Gasteiger partial charge in [0, 0.05) is 18.7 Å². The summed E-state index contributed by atoms with van der Waals surface area (Å²) in [6.45, 7) is 8.47. The number of hydrogen-bond acceptors (Lipinski definition) is 5. The predicted molar refractivity (Wildman–Crippen MR) is 84.8 cm³/mol. The van der Waals surface area contributed by atoms with Crippen LogP contribution in [-0.4, -0.2) is 26.2 Å². The first-order valence-corrected chi connectivity index (χ1v) is 8.06. The number of anilines is 2. The maximum absolute atomic E-state index is 11.9. The number of thiophene rings is 1. The second-order valence-electron chi connectivity index (χ2n) is 5.76. The summed E-state index contributed by atoms with van der Waals surface area (Å²) in [6.07, 6.45) is 2.35. The Morgan fingerprint density at radius 1 is 1.50 bits per heavy atom. The molecule has 1 aliphatic rings. The molecule has 2 rings (SSSR count). The lowest BCUT2D eigenvalue weighted by atomic mass is 10.1. The van der Waals surface area contributed by atoms with Crippen LogP contribution in [0.25, 0.3) is 0 Å². The van der Waals surface area contributed by atoms with Gasteiger partial charge in [-0.25, -0.2) is 4.79 Å². The van der Waals surface area contributed by atoms with Crippen molar-refractivity contribution in [1.29, 1.82) is 0 Å². The SMILES string of the molecule is CCN(CC(C)C)c1sc(C(=O)OC)c(N)c1C1CC1. The molecule has 1 aliphatic carbocycles. The van der Waals surface area contributed by atoms with Crippen LogP contribution >= 0.6 is 11.3 Å². The first-order valence-electron chi connectivity index (χ1n) is 7.24. The summed E-state index contributed by atoms with van der Waals surface area (Å²) in [6, 6.07) is 0. The van der Waals surface area contributed by atoms with E-state index < -0.39 is 0 Å². The molecule has 0 saturated heterocycles. The fraction of sp³-hybridized carbons (Fsp3) is 0.667. The molecule has 0 atom stereocenters. The van der Waals surface area contributed by atoms with E-state index in [1.165, 1.54) is 41.9 Å². The Kier molecular flexibility index (Phi) is 4.58. The first-order chi connectivity index (χ1) is 9.49. The number of ether oxygens (including phenoxy) is 1. The van der Waals surface area contributed by atoms with Crippen LogP contribution in [0.2, 0.25) is 0 Å². The van der Waals surface area contributed by atoms with Gasteiger partial charge in [0.25, 0.3) is 0 Å². The Labute approximate surface area is 124 Å². The lowest BCUT2D eigenvalue weighted by Gasteiger charge is -2.25. The lowest BCUT2D eigenvalue weighted by molar-refractivity contribution is 0.0607. The van der Waals surface area contributed by atoms with E-state index in [4.69, 9.17) is 10.5 Å². The van der Waals surface area contributed by atoms with Gasteiger partial charge in [0.05, 0.1) is 17.8 Å². The third-order valence-electron chi connectivity index (χ3n) is 3.57. The van der Waals surface area contributed by atoms with Crippen LogP contribution in [0.3, 0.4) is 0 Å². The number of carbonyl (C=O) groups excluding carboxylic acids is 1. The fourth-order valence-corrected chi connectivity index (χ4v) is 3.79. The second kappa shape index (κ2) is 6.04. The fourth-order valence-electron chi connectivity index (χ4n) is 2.49. The molecule has 1 saturated carbocycles. The summed E-state index contributed by atoms with van der Waals surface area (Å²) in [7, 11) is 1.41.